The lowest BCUT2D eigenvalue weighted by Gasteiger charge is -2.40. The van der Waals surface area contributed by atoms with Gasteiger partial charge in [0.25, 0.3) is 0 Å². The number of aryl methyl sites for hydroxylation is 1. The molecule has 0 N–H and O–H groups in total. The number of carbonyl (C=O) groups is 1. The molecule has 1 amide bonds. The Bertz CT molecular complexity index is 1070. The molecular weight excluding hydrogens is 402 g/mol. The standard InChI is InChI=1S/C26H31N3O3/c1-20-4-6-22(7-5-20)26(8-14-31-15-9-26)25(30)29-13-16-32-19-21(18-29)17-23-24-3-2-11-28(24)12-10-27-23/h2-7,10-12,21H,8-9,13-19H2,1H3/t21-/m1/s1. The highest BCUT2D eigenvalue weighted by Gasteiger charge is 2.44. The van der Waals surface area contributed by atoms with Gasteiger partial charge in [0.15, 0.2) is 0 Å². The lowest BCUT2D eigenvalue weighted by atomic mass is 9.72. The average molecular weight is 434 g/mol. The van der Waals surface area contributed by atoms with Crippen molar-refractivity contribution in [2.75, 3.05) is 39.5 Å². The number of benzene rings is 1. The molecule has 1 atom stereocenters. The second-order valence-electron chi connectivity index (χ2n) is 9.13. The minimum absolute atomic E-state index is 0.213. The molecule has 2 aliphatic heterocycles. The first kappa shape index (κ1) is 21.2. The van der Waals surface area contributed by atoms with Crippen molar-refractivity contribution in [1.29, 1.82) is 0 Å². The SMILES string of the molecule is Cc1ccc(C2(C(=O)N3CCOC[C@H](Cc4nccn5cccc45)C3)CCOCC2)cc1. The highest BCUT2D eigenvalue weighted by atomic mass is 16.5. The van der Waals surface area contributed by atoms with Crippen molar-refractivity contribution >= 4 is 11.4 Å². The average Bonchev–Trinajstić information content (AvgIpc) is 3.19. The Morgan fingerprint density at radius 3 is 2.72 bits per heavy atom. The molecule has 6 heteroatoms. The molecule has 0 spiro atoms. The Morgan fingerprint density at radius 2 is 1.91 bits per heavy atom. The summed E-state index contributed by atoms with van der Waals surface area (Å²) in [7, 11) is 0. The van der Waals surface area contributed by atoms with E-state index in [9.17, 15) is 4.79 Å². The van der Waals surface area contributed by atoms with E-state index in [-0.39, 0.29) is 11.8 Å². The van der Waals surface area contributed by atoms with Crippen LogP contribution >= 0.6 is 0 Å². The number of aromatic nitrogens is 2. The van der Waals surface area contributed by atoms with Gasteiger partial charge in [-0.2, -0.15) is 0 Å². The van der Waals surface area contributed by atoms with E-state index in [0.29, 0.717) is 39.5 Å². The zero-order valence-electron chi connectivity index (χ0n) is 18.7. The molecule has 0 saturated carbocycles. The summed E-state index contributed by atoms with van der Waals surface area (Å²) in [4.78, 5) is 20.8. The molecule has 5 rings (SSSR count). The zero-order valence-corrected chi connectivity index (χ0v) is 18.7. The quantitative estimate of drug-likeness (QED) is 0.633. The van der Waals surface area contributed by atoms with Gasteiger partial charge in [0.2, 0.25) is 5.91 Å². The first-order valence-electron chi connectivity index (χ1n) is 11.6. The van der Waals surface area contributed by atoms with Crippen molar-refractivity contribution in [3.05, 3.63) is 71.8 Å². The summed E-state index contributed by atoms with van der Waals surface area (Å²) in [5.41, 5.74) is 3.98. The number of hydrogen-bond acceptors (Lipinski definition) is 4. The lowest BCUT2D eigenvalue weighted by Crippen LogP contribution is -2.51. The Hall–Kier alpha value is -2.70. The van der Waals surface area contributed by atoms with Crippen molar-refractivity contribution < 1.29 is 14.3 Å². The number of nitrogens with zero attached hydrogens (tertiary/aromatic N) is 3. The van der Waals surface area contributed by atoms with Gasteiger partial charge < -0.3 is 18.8 Å². The number of rotatable bonds is 4. The highest BCUT2D eigenvalue weighted by Crippen LogP contribution is 2.37. The Balaban J connectivity index is 1.40. The topological polar surface area (TPSA) is 56.1 Å². The Morgan fingerprint density at radius 1 is 1.09 bits per heavy atom. The van der Waals surface area contributed by atoms with Crippen LogP contribution in [0.1, 0.15) is 29.7 Å². The van der Waals surface area contributed by atoms with Gasteiger partial charge in [-0.15, -0.1) is 0 Å². The molecule has 32 heavy (non-hydrogen) atoms. The van der Waals surface area contributed by atoms with Crippen LogP contribution in [0.2, 0.25) is 0 Å². The monoisotopic (exact) mass is 433 g/mol. The molecule has 2 aliphatic rings. The predicted molar refractivity (Wildman–Crippen MR) is 123 cm³/mol. The number of hydrogen-bond donors (Lipinski definition) is 0. The van der Waals surface area contributed by atoms with Crippen LogP contribution in [-0.2, 0) is 26.1 Å². The summed E-state index contributed by atoms with van der Waals surface area (Å²) in [5.74, 6) is 0.430. The van der Waals surface area contributed by atoms with Crippen LogP contribution in [0.5, 0.6) is 0 Å². The van der Waals surface area contributed by atoms with Crippen LogP contribution in [0.25, 0.3) is 5.52 Å². The van der Waals surface area contributed by atoms with Crippen LogP contribution in [0.3, 0.4) is 0 Å². The van der Waals surface area contributed by atoms with E-state index in [0.717, 1.165) is 36.0 Å². The molecule has 2 aromatic heterocycles. The van der Waals surface area contributed by atoms with Gasteiger partial charge in [-0.25, -0.2) is 0 Å². The predicted octanol–water partition coefficient (Wildman–Crippen LogP) is 3.41. The number of carbonyl (C=O) groups excluding carboxylic acids is 1. The van der Waals surface area contributed by atoms with Gasteiger partial charge in [-0.1, -0.05) is 29.8 Å². The highest BCUT2D eigenvalue weighted by molar-refractivity contribution is 5.88. The van der Waals surface area contributed by atoms with Gasteiger partial charge in [0, 0.05) is 50.8 Å². The van der Waals surface area contributed by atoms with Crippen molar-refractivity contribution in [2.45, 2.75) is 31.6 Å². The van der Waals surface area contributed by atoms with Crippen molar-refractivity contribution in [1.82, 2.24) is 14.3 Å². The van der Waals surface area contributed by atoms with E-state index >= 15 is 0 Å². The number of ether oxygens (including phenoxy) is 2. The molecule has 0 radical (unpaired) electrons. The summed E-state index contributed by atoms with van der Waals surface area (Å²) in [6.45, 7) is 5.86. The summed E-state index contributed by atoms with van der Waals surface area (Å²) in [5, 5.41) is 0. The van der Waals surface area contributed by atoms with E-state index in [2.05, 4.69) is 46.6 Å². The fraction of sp³-hybridized carbons (Fsp3) is 0.462. The van der Waals surface area contributed by atoms with Gasteiger partial charge in [0.1, 0.15) is 0 Å². The maximum absolute atomic E-state index is 14.1. The summed E-state index contributed by atoms with van der Waals surface area (Å²) < 4.78 is 13.7. The third-order valence-corrected chi connectivity index (χ3v) is 7.00. The van der Waals surface area contributed by atoms with Crippen LogP contribution in [0.4, 0.5) is 0 Å². The summed E-state index contributed by atoms with van der Waals surface area (Å²) in [6, 6.07) is 12.6. The smallest absolute Gasteiger partial charge is 0.233 e. The molecule has 3 aromatic rings. The summed E-state index contributed by atoms with van der Waals surface area (Å²) in [6.07, 6.45) is 8.09. The number of amides is 1. The molecule has 4 heterocycles. The molecule has 0 bridgehead atoms. The van der Waals surface area contributed by atoms with Crippen LogP contribution in [-0.4, -0.2) is 59.7 Å². The maximum atomic E-state index is 14.1. The molecule has 2 fully saturated rings. The normalized spacial score (nSPS) is 21.4. The lowest BCUT2D eigenvalue weighted by molar-refractivity contribution is -0.141. The largest absolute Gasteiger partial charge is 0.381 e. The van der Waals surface area contributed by atoms with Crippen LogP contribution < -0.4 is 0 Å². The first-order chi connectivity index (χ1) is 15.7. The van der Waals surface area contributed by atoms with Crippen LogP contribution in [0.15, 0.2) is 55.0 Å². The van der Waals surface area contributed by atoms with Gasteiger partial charge in [-0.05, 0) is 43.9 Å². The Kier molecular flexibility index (Phi) is 5.98. The third-order valence-electron chi connectivity index (χ3n) is 7.00. The first-order valence-corrected chi connectivity index (χ1v) is 11.6. The molecule has 0 unspecified atom stereocenters. The Labute approximate surface area is 189 Å². The van der Waals surface area contributed by atoms with Crippen molar-refractivity contribution in [3.63, 3.8) is 0 Å². The second-order valence-corrected chi connectivity index (χ2v) is 9.13. The minimum atomic E-state index is -0.513. The molecule has 168 valence electrons. The van der Waals surface area contributed by atoms with E-state index in [1.807, 2.05) is 29.6 Å². The minimum Gasteiger partial charge on any atom is -0.381 e. The fourth-order valence-corrected chi connectivity index (χ4v) is 5.17. The van der Waals surface area contributed by atoms with E-state index in [1.54, 1.807) is 0 Å². The molecular formula is C26H31N3O3. The van der Waals surface area contributed by atoms with Gasteiger partial charge in [-0.3, -0.25) is 9.78 Å². The van der Waals surface area contributed by atoms with E-state index in [4.69, 9.17) is 9.47 Å². The zero-order chi connectivity index (χ0) is 22.0. The van der Waals surface area contributed by atoms with Gasteiger partial charge in [0.05, 0.1) is 29.8 Å². The number of fused-ring (bicyclic) bond motifs is 1. The molecule has 1 aromatic carbocycles. The molecule has 0 aliphatic carbocycles. The van der Waals surface area contributed by atoms with E-state index < -0.39 is 5.41 Å². The van der Waals surface area contributed by atoms with Crippen LogP contribution in [0, 0.1) is 12.8 Å². The van der Waals surface area contributed by atoms with E-state index in [1.165, 1.54) is 5.56 Å². The maximum Gasteiger partial charge on any atom is 0.233 e. The fourth-order valence-electron chi connectivity index (χ4n) is 5.17. The van der Waals surface area contributed by atoms with Crippen molar-refractivity contribution in [3.8, 4) is 0 Å². The molecule has 6 nitrogen and oxygen atoms in total. The van der Waals surface area contributed by atoms with Gasteiger partial charge >= 0.3 is 0 Å². The van der Waals surface area contributed by atoms with Crippen molar-refractivity contribution in [2.24, 2.45) is 5.92 Å². The third kappa shape index (κ3) is 4.05. The second kappa shape index (κ2) is 9.04. The molecule has 2 saturated heterocycles. The summed E-state index contributed by atoms with van der Waals surface area (Å²) >= 11 is 0.